The predicted octanol–water partition coefficient (Wildman–Crippen LogP) is 3.10. The third-order valence-electron chi connectivity index (χ3n) is 5.48. The molecule has 0 radical (unpaired) electrons. The van der Waals surface area contributed by atoms with Crippen molar-refractivity contribution >= 4 is 22.0 Å². The molecule has 1 aromatic rings. The molecule has 0 N–H and O–H groups in total. The lowest BCUT2D eigenvalue weighted by Gasteiger charge is -2.38. The van der Waals surface area contributed by atoms with E-state index in [0.29, 0.717) is 32.0 Å². The van der Waals surface area contributed by atoms with Crippen LogP contribution in [0.1, 0.15) is 44.6 Å². The van der Waals surface area contributed by atoms with E-state index in [1.54, 1.807) is 6.08 Å². The molecule has 1 atom stereocenters. The van der Waals surface area contributed by atoms with Crippen LogP contribution in [0.4, 0.5) is 0 Å². The summed E-state index contributed by atoms with van der Waals surface area (Å²) in [6.45, 7) is 3.80. The molecule has 0 bridgehead atoms. The van der Waals surface area contributed by atoms with Crippen molar-refractivity contribution in [1.82, 2.24) is 9.21 Å². The van der Waals surface area contributed by atoms with Crippen LogP contribution in [-0.2, 0) is 14.8 Å². The fourth-order valence-electron chi connectivity index (χ4n) is 3.83. The summed E-state index contributed by atoms with van der Waals surface area (Å²) in [6.07, 6.45) is 6.19. The summed E-state index contributed by atoms with van der Waals surface area (Å²) < 4.78 is 26.6. The SMILES string of the molecule is CC1CCCCN1C(=O)C1CCN(S(=O)(=O)/C=C/c2ccccc2)CC1. The van der Waals surface area contributed by atoms with Crippen LogP contribution in [0.3, 0.4) is 0 Å². The van der Waals surface area contributed by atoms with E-state index >= 15 is 0 Å². The standard InChI is InChI=1S/C20H28N2O3S/c1-17-7-5-6-13-22(17)20(23)19-10-14-21(15-11-19)26(24,25)16-12-18-8-3-2-4-9-18/h2-4,8-9,12,16-17,19H,5-7,10-11,13-15H2,1H3/b16-12+. The van der Waals surface area contributed by atoms with Gasteiger partial charge in [0.25, 0.3) is 0 Å². The highest BCUT2D eigenvalue weighted by molar-refractivity contribution is 7.92. The van der Waals surface area contributed by atoms with Crippen molar-refractivity contribution in [3.05, 3.63) is 41.3 Å². The number of hydrogen-bond donors (Lipinski definition) is 0. The lowest BCUT2D eigenvalue weighted by atomic mass is 9.94. The summed E-state index contributed by atoms with van der Waals surface area (Å²) in [5.74, 6) is 0.175. The first-order valence-electron chi connectivity index (χ1n) is 9.51. The zero-order chi connectivity index (χ0) is 18.6. The third kappa shape index (κ3) is 4.54. The molecular formula is C20H28N2O3S. The quantitative estimate of drug-likeness (QED) is 0.811. The average molecular weight is 377 g/mol. The van der Waals surface area contributed by atoms with Gasteiger partial charge < -0.3 is 4.90 Å². The number of sulfonamides is 1. The predicted molar refractivity (Wildman–Crippen MR) is 104 cm³/mol. The maximum absolute atomic E-state index is 12.8. The van der Waals surface area contributed by atoms with Gasteiger partial charge in [0.05, 0.1) is 0 Å². The second kappa shape index (κ2) is 8.35. The zero-order valence-electron chi connectivity index (χ0n) is 15.4. The molecule has 3 rings (SSSR count). The van der Waals surface area contributed by atoms with Crippen molar-refractivity contribution in [1.29, 1.82) is 0 Å². The highest BCUT2D eigenvalue weighted by atomic mass is 32.2. The van der Waals surface area contributed by atoms with Crippen LogP contribution < -0.4 is 0 Å². The Balaban J connectivity index is 1.57. The van der Waals surface area contributed by atoms with E-state index in [-0.39, 0.29) is 11.8 Å². The molecule has 2 saturated heterocycles. The Morgan fingerprint density at radius 2 is 1.73 bits per heavy atom. The van der Waals surface area contributed by atoms with Crippen molar-refractivity contribution in [2.24, 2.45) is 5.92 Å². The summed E-state index contributed by atoms with van der Waals surface area (Å²) >= 11 is 0. The number of amides is 1. The number of hydrogen-bond acceptors (Lipinski definition) is 3. The fraction of sp³-hybridized carbons (Fsp3) is 0.550. The third-order valence-corrected chi connectivity index (χ3v) is 7.05. The number of benzene rings is 1. The van der Waals surface area contributed by atoms with E-state index in [4.69, 9.17) is 0 Å². The zero-order valence-corrected chi connectivity index (χ0v) is 16.2. The molecule has 2 aliphatic heterocycles. The van der Waals surface area contributed by atoms with E-state index in [0.717, 1.165) is 24.9 Å². The number of piperidine rings is 2. The molecular weight excluding hydrogens is 348 g/mol. The Hall–Kier alpha value is -1.66. The lowest BCUT2D eigenvalue weighted by molar-refractivity contribution is -0.140. The number of carbonyl (C=O) groups is 1. The molecule has 6 heteroatoms. The van der Waals surface area contributed by atoms with Crippen LogP contribution in [0, 0.1) is 5.92 Å². The van der Waals surface area contributed by atoms with Gasteiger partial charge in [-0.15, -0.1) is 0 Å². The van der Waals surface area contributed by atoms with Crippen molar-refractivity contribution < 1.29 is 13.2 Å². The highest BCUT2D eigenvalue weighted by Crippen LogP contribution is 2.26. The number of rotatable bonds is 4. The number of nitrogens with zero attached hydrogens (tertiary/aromatic N) is 2. The van der Waals surface area contributed by atoms with Gasteiger partial charge >= 0.3 is 0 Å². The fourth-order valence-corrected chi connectivity index (χ4v) is 5.05. The molecule has 2 heterocycles. The molecule has 142 valence electrons. The van der Waals surface area contributed by atoms with Gasteiger partial charge in [0.15, 0.2) is 0 Å². The normalized spacial score (nSPS) is 23.4. The van der Waals surface area contributed by atoms with Crippen LogP contribution in [0.25, 0.3) is 6.08 Å². The van der Waals surface area contributed by atoms with Crippen molar-refractivity contribution in [3.63, 3.8) is 0 Å². The van der Waals surface area contributed by atoms with E-state index in [1.807, 2.05) is 35.2 Å². The van der Waals surface area contributed by atoms with Crippen LogP contribution in [-0.4, -0.2) is 49.2 Å². The Bertz CT molecular complexity index is 738. The van der Waals surface area contributed by atoms with Gasteiger partial charge in [0, 0.05) is 37.0 Å². The monoisotopic (exact) mass is 376 g/mol. The van der Waals surface area contributed by atoms with Crippen LogP contribution in [0.5, 0.6) is 0 Å². The highest BCUT2D eigenvalue weighted by Gasteiger charge is 2.34. The molecule has 0 spiro atoms. The summed E-state index contributed by atoms with van der Waals surface area (Å²) in [7, 11) is -3.44. The largest absolute Gasteiger partial charge is 0.340 e. The van der Waals surface area contributed by atoms with Crippen molar-refractivity contribution in [2.45, 2.75) is 45.1 Å². The summed E-state index contributed by atoms with van der Waals surface area (Å²) in [4.78, 5) is 14.8. The number of carbonyl (C=O) groups excluding carboxylic acids is 1. The number of likely N-dealkylation sites (tertiary alicyclic amines) is 1. The van der Waals surface area contributed by atoms with Crippen molar-refractivity contribution in [2.75, 3.05) is 19.6 Å². The Morgan fingerprint density at radius 1 is 1.04 bits per heavy atom. The van der Waals surface area contributed by atoms with Gasteiger partial charge in [-0.05, 0) is 50.7 Å². The van der Waals surface area contributed by atoms with E-state index in [1.165, 1.54) is 16.1 Å². The molecule has 26 heavy (non-hydrogen) atoms. The summed E-state index contributed by atoms with van der Waals surface area (Å²) in [5.41, 5.74) is 0.861. The minimum absolute atomic E-state index is 0.0416. The maximum Gasteiger partial charge on any atom is 0.236 e. The molecule has 0 saturated carbocycles. The molecule has 1 amide bonds. The topological polar surface area (TPSA) is 57.7 Å². The van der Waals surface area contributed by atoms with Crippen LogP contribution in [0.15, 0.2) is 35.7 Å². The van der Waals surface area contributed by atoms with Crippen molar-refractivity contribution in [3.8, 4) is 0 Å². The lowest BCUT2D eigenvalue weighted by Crippen LogP contribution is -2.48. The summed E-state index contributed by atoms with van der Waals surface area (Å²) in [6, 6.07) is 9.71. The van der Waals surface area contributed by atoms with Gasteiger partial charge in [0.2, 0.25) is 15.9 Å². The smallest absolute Gasteiger partial charge is 0.236 e. The van der Waals surface area contributed by atoms with Gasteiger partial charge in [-0.3, -0.25) is 4.79 Å². The summed E-state index contributed by atoms with van der Waals surface area (Å²) in [5, 5.41) is 1.27. The minimum atomic E-state index is -3.44. The van der Waals surface area contributed by atoms with Crippen LogP contribution in [0.2, 0.25) is 0 Å². The first-order valence-corrected chi connectivity index (χ1v) is 11.0. The first kappa shape index (κ1) is 19.1. The van der Waals surface area contributed by atoms with Gasteiger partial charge in [-0.1, -0.05) is 30.3 Å². The van der Waals surface area contributed by atoms with E-state index in [2.05, 4.69) is 6.92 Å². The molecule has 2 fully saturated rings. The Kier molecular flexibility index (Phi) is 6.14. The second-order valence-electron chi connectivity index (χ2n) is 7.31. The van der Waals surface area contributed by atoms with E-state index in [9.17, 15) is 13.2 Å². The molecule has 0 aliphatic carbocycles. The van der Waals surface area contributed by atoms with Crippen LogP contribution >= 0.6 is 0 Å². The minimum Gasteiger partial charge on any atom is -0.340 e. The van der Waals surface area contributed by atoms with E-state index < -0.39 is 10.0 Å². The molecule has 2 aliphatic rings. The second-order valence-corrected chi connectivity index (χ2v) is 9.13. The molecule has 0 aromatic heterocycles. The average Bonchev–Trinajstić information content (AvgIpc) is 2.67. The van der Waals surface area contributed by atoms with Gasteiger partial charge in [-0.2, -0.15) is 4.31 Å². The molecule has 5 nitrogen and oxygen atoms in total. The first-order chi connectivity index (χ1) is 12.5. The van der Waals surface area contributed by atoms with Gasteiger partial charge in [0.1, 0.15) is 0 Å². The Morgan fingerprint density at radius 3 is 2.38 bits per heavy atom. The molecule has 1 unspecified atom stereocenters. The maximum atomic E-state index is 12.8. The van der Waals surface area contributed by atoms with Gasteiger partial charge in [-0.25, -0.2) is 8.42 Å². The molecule has 1 aromatic carbocycles. The Labute approximate surface area is 156 Å².